The largest absolute Gasteiger partial charge is 0.497 e. The van der Waals surface area contributed by atoms with Crippen LogP contribution in [-0.4, -0.2) is 18.6 Å². The van der Waals surface area contributed by atoms with Crippen LogP contribution in [0.2, 0.25) is 0 Å². The molecule has 0 fully saturated rings. The standard InChI is InChI=1S/C20H25NO2/c1-14-11-17(23-5)12-16(15-9-7-6-8-10-15)13-18(14)19(22)21-20(2,3)4/h6-13,16H,1-5H3,(H,21,22). The molecule has 1 aliphatic rings. The molecule has 2 rings (SSSR count). The molecule has 3 heteroatoms. The second-order valence-electron chi connectivity index (χ2n) is 6.82. The number of hydrogen-bond acceptors (Lipinski definition) is 2. The predicted molar refractivity (Wildman–Crippen MR) is 94.0 cm³/mol. The van der Waals surface area contributed by atoms with Gasteiger partial charge >= 0.3 is 0 Å². The first-order chi connectivity index (χ1) is 10.8. The van der Waals surface area contributed by atoms with Crippen LogP contribution in [0.3, 0.4) is 0 Å². The number of methoxy groups -OCH3 is 1. The molecule has 1 amide bonds. The first-order valence-electron chi connectivity index (χ1n) is 7.84. The van der Waals surface area contributed by atoms with Crippen molar-refractivity contribution in [2.24, 2.45) is 0 Å². The zero-order valence-corrected chi connectivity index (χ0v) is 14.5. The van der Waals surface area contributed by atoms with Crippen molar-refractivity contribution in [1.82, 2.24) is 5.32 Å². The van der Waals surface area contributed by atoms with Gasteiger partial charge in [-0.25, -0.2) is 0 Å². The molecule has 0 saturated heterocycles. The van der Waals surface area contributed by atoms with Gasteiger partial charge in [0.2, 0.25) is 0 Å². The summed E-state index contributed by atoms with van der Waals surface area (Å²) >= 11 is 0. The fourth-order valence-corrected chi connectivity index (χ4v) is 2.53. The molecule has 0 aliphatic heterocycles. The summed E-state index contributed by atoms with van der Waals surface area (Å²) in [7, 11) is 1.65. The van der Waals surface area contributed by atoms with Gasteiger partial charge in [-0.1, -0.05) is 36.4 Å². The molecule has 122 valence electrons. The number of benzene rings is 1. The van der Waals surface area contributed by atoms with E-state index in [4.69, 9.17) is 4.74 Å². The number of allylic oxidation sites excluding steroid dienone is 3. The summed E-state index contributed by atoms with van der Waals surface area (Å²) < 4.78 is 5.44. The van der Waals surface area contributed by atoms with E-state index in [1.165, 1.54) is 0 Å². The van der Waals surface area contributed by atoms with Gasteiger partial charge in [0.05, 0.1) is 7.11 Å². The molecule has 0 radical (unpaired) electrons. The third kappa shape index (κ3) is 4.59. The minimum atomic E-state index is -0.274. The van der Waals surface area contributed by atoms with Gasteiger partial charge in [0.25, 0.3) is 5.91 Å². The lowest BCUT2D eigenvalue weighted by Gasteiger charge is -2.22. The lowest BCUT2D eigenvalue weighted by molar-refractivity contribution is -0.118. The normalized spacial score (nSPS) is 18.3. The molecular weight excluding hydrogens is 286 g/mol. The zero-order chi connectivity index (χ0) is 17.0. The van der Waals surface area contributed by atoms with Gasteiger partial charge in [-0.2, -0.15) is 0 Å². The fraction of sp³-hybridized carbons (Fsp3) is 0.350. The summed E-state index contributed by atoms with van der Waals surface area (Å²) in [6.45, 7) is 7.88. The quantitative estimate of drug-likeness (QED) is 0.912. The second kappa shape index (κ2) is 6.86. The van der Waals surface area contributed by atoms with E-state index >= 15 is 0 Å². The molecule has 0 saturated carbocycles. The third-order valence-electron chi connectivity index (χ3n) is 3.63. The number of ether oxygens (including phenoxy) is 1. The highest BCUT2D eigenvalue weighted by molar-refractivity contribution is 5.98. The molecule has 1 aliphatic carbocycles. The average Bonchev–Trinajstić information content (AvgIpc) is 2.65. The minimum Gasteiger partial charge on any atom is -0.497 e. The van der Waals surface area contributed by atoms with Crippen molar-refractivity contribution in [3.05, 3.63) is 71.0 Å². The van der Waals surface area contributed by atoms with Crippen LogP contribution in [0.4, 0.5) is 0 Å². The van der Waals surface area contributed by atoms with Crippen LogP contribution in [0.5, 0.6) is 0 Å². The van der Waals surface area contributed by atoms with Crippen LogP contribution in [0, 0.1) is 0 Å². The van der Waals surface area contributed by atoms with Gasteiger partial charge in [0.15, 0.2) is 0 Å². The molecule has 0 bridgehead atoms. The minimum absolute atomic E-state index is 0.000526. The molecule has 1 aromatic carbocycles. The molecule has 1 atom stereocenters. The van der Waals surface area contributed by atoms with Crippen LogP contribution in [0.25, 0.3) is 0 Å². The first kappa shape index (κ1) is 17.1. The van der Waals surface area contributed by atoms with E-state index in [0.29, 0.717) is 5.57 Å². The van der Waals surface area contributed by atoms with Crippen molar-refractivity contribution in [2.45, 2.75) is 39.2 Å². The highest BCUT2D eigenvalue weighted by atomic mass is 16.5. The van der Waals surface area contributed by atoms with Crippen LogP contribution < -0.4 is 5.32 Å². The number of amides is 1. The van der Waals surface area contributed by atoms with E-state index < -0.39 is 0 Å². The second-order valence-corrected chi connectivity index (χ2v) is 6.82. The number of carbonyl (C=O) groups excluding carboxylic acids is 1. The molecule has 0 spiro atoms. The summed E-state index contributed by atoms with van der Waals surface area (Å²) in [5.41, 5.74) is 2.45. The Morgan fingerprint density at radius 2 is 1.78 bits per heavy atom. The van der Waals surface area contributed by atoms with Gasteiger partial charge in [-0.3, -0.25) is 4.79 Å². The van der Waals surface area contributed by atoms with E-state index in [0.717, 1.165) is 16.9 Å². The highest BCUT2D eigenvalue weighted by Gasteiger charge is 2.22. The maximum absolute atomic E-state index is 12.7. The Hall–Kier alpha value is -2.29. The third-order valence-corrected chi connectivity index (χ3v) is 3.63. The Balaban J connectivity index is 2.43. The Bertz CT molecular complexity index is 661. The molecule has 0 heterocycles. The monoisotopic (exact) mass is 311 g/mol. The molecule has 0 aromatic heterocycles. The lowest BCUT2D eigenvalue weighted by atomic mass is 9.95. The van der Waals surface area contributed by atoms with E-state index in [-0.39, 0.29) is 17.4 Å². The van der Waals surface area contributed by atoms with Gasteiger partial charge in [0, 0.05) is 17.0 Å². The van der Waals surface area contributed by atoms with E-state index in [1.807, 2.05) is 64.1 Å². The molecule has 1 N–H and O–H groups in total. The number of nitrogens with one attached hydrogen (secondary N) is 1. The fourth-order valence-electron chi connectivity index (χ4n) is 2.53. The van der Waals surface area contributed by atoms with Crippen molar-refractivity contribution >= 4 is 5.91 Å². The van der Waals surface area contributed by atoms with Crippen LogP contribution >= 0.6 is 0 Å². The predicted octanol–water partition coefficient (Wildman–Crippen LogP) is 4.10. The smallest absolute Gasteiger partial charge is 0.251 e. The van der Waals surface area contributed by atoms with Crippen molar-refractivity contribution in [1.29, 1.82) is 0 Å². The van der Waals surface area contributed by atoms with Crippen molar-refractivity contribution in [2.75, 3.05) is 7.11 Å². The van der Waals surface area contributed by atoms with Crippen molar-refractivity contribution in [3.8, 4) is 0 Å². The number of rotatable bonds is 3. The van der Waals surface area contributed by atoms with Crippen molar-refractivity contribution in [3.63, 3.8) is 0 Å². The van der Waals surface area contributed by atoms with E-state index in [2.05, 4.69) is 17.4 Å². The average molecular weight is 311 g/mol. The van der Waals surface area contributed by atoms with Gasteiger partial charge in [-0.05, 0) is 51.0 Å². The van der Waals surface area contributed by atoms with Crippen molar-refractivity contribution < 1.29 is 9.53 Å². The maximum Gasteiger partial charge on any atom is 0.251 e. The topological polar surface area (TPSA) is 38.3 Å². The Morgan fingerprint density at radius 1 is 1.13 bits per heavy atom. The molecule has 3 nitrogen and oxygen atoms in total. The van der Waals surface area contributed by atoms with E-state index in [1.54, 1.807) is 7.11 Å². The first-order valence-corrected chi connectivity index (χ1v) is 7.84. The Morgan fingerprint density at radius 3 is 2.35 bits per heavy atom. The number of hydrogen-bond donors (Lipinski definition) is 1. The molecule has 1 aromatic rings. The Labute approximate surface area is 138 Å². The molecule has 23 heavy (non-hydrogen) atoms. The SMILES string of the molecule is COC1=CC(c2ccccc2)C=C(C(=O)NC(C)(C)C)C(C)=C1. The van der Waals surface area contributed by atoms with Gasteiger partial charge in [-0.15, -0.1) is 0 Å². The molecule has 1 unspecified atom stereocenters. The van der Waals surface area contributed by atoms with Crippen LogP contribution in [-0.2, 0) is 9.53 Å². The van der Waals surface area contributed by atoms with Crippen LogP contribution in [0.15, 0.2) is 65.5 Å². The highest BCUT2D eigenvalue weighted by Crippen LogP contribution is 2.29. The van der Waals surface area contributed by atoms with Gasteiger partial charge in [0.1, 0.15) is 5.76 Å². The molecular formula is C20H25NO2. The summed E-state index contributed by atoms with van der Waals surface area (Å²) in [5.74, 6) is 0.713. The lowest BCUT2D eigenvalue weighted by Crippen LogP contribution is -2.41. The van der Waals surface area contributed by atoms with E-state index in [9.17, 15) is 4.79 Å². The maximum atomic E-state index is 12.7. The summed E-state index contributed by atoms with van der Waals surface area (Å²) in [6, 6.07) is 10.1. The summed E-state index contributed by atoms with van der Waals surface area (Å²) in [4.78, 5) is 12.7. The summed E-state index contributed by atoms with van der Waals surface area (Å²) in [6.07, 6.45) is 5.96. The number of carbonyl (C=O) groups is 1. The zero-order valence-electron chi connectivity index (χ0n) is 14.5. The van der Waals surface area contributed by atoms with Crippen LogP contribution in [0.1, 0.15) is 39.2 Å². The Kier molecular flexibility index (Phi) is 5.09. The van der Waals surface area contributed by atoms with Gasteiger partial charge < -0.3 is 10.1 Å². The summed E-state index contributed by atoms with van der Waals surface area (Å²) in [5, 5.41) is 3.04.